The first-order valence-electron chi connectivity index (χ1n) is 5.29. The number of ether oxygens (including phenoxy) is 1. The van der Waals surface area contributed by atoms with Crippen molar-refractivity contribution in [3.63, 3.8) is 0 Å². The van der Waals surface area contributed by atoms with Crippen molar-refractivity contribution in [2.75, 3.05) is 17.7 Å². The first-order chi connectivity index (χ1) is 9.21. The van der Waals surface area contributed by atoms with Crippen molar-refractivity contribution < 1.29 is 9.53 Å². The van der Waals surface area contributed by atoms with E-state index in [1.54, 1.807) is 31.4 Å². The molecule has 0 radical (unpaired) electrons. The lowest BCUT2D eigenvalue weighted by Crippen LogP contribution is -2.19. The number of rotatable bonds is 3. The molecule has 7 heteroatoms. The number of urea groups is 1. The number of hydrogen-bond donors (Lipinski definition) is 2. The van der Waals surface area contributed by atoms with Gasteiger partial charge in [0.1, 0.15) is 16.7 Å². The standard InChI is InChI=1S/C12H10N4O2S/c1-18-9-4-2-3-8(5-9)15-11(17)16-12-14-7-10(6-13)19-12/h2-5,7H,1H3,(H2,14,15,16,17). The molecule has 1 heterocycles. The molecule has 2 aromatic rings. The fourth-order valence-corrected chi connectivity index (χ4v) is 1.95. The van der Waals surface area contributed by atoms with Crippen molar-refractivity contribution in [3.8, 4) is 11.8 Å². The summed E-state index contributed by atoms with van der Waals surface area (Å²) >= 11 is 1.11. The molecule has 2 rings (SSSR count). The van der Waals surface area contributed by atoms with Gasteiger partial charge < -0.3 is 10.1 Å². The molecule has 2 amide bonds. The van der Waals surface area contributed by atoms with Crippen molar-refractivity contribution in [2.45, 2.75) is 0 Å². The Kier molecular flexibility index (Phi) is 3.95. The van der Waals surface area contributed by atoms with Crippen LogP contribution >= 0.6 is 11.3 Å². The maximum atomic E-state index is 11.7. The zero-order valence-electron chi connectivity index (χ0n) is 10.0. The van der Waals surface area contributed by atoms with Crippen LogP contribution in [0.15, 0.2) is 30.5 Å². The Balaban J connectivity index is 1.99. The highest BCUT2D eigenvalue weighted by Gasteiger charge is 2.06. The largest absolute Gasteiger partial charge is 0.497 e. The topological polar surface area (TPSA) is 87.0 Å². The molecule has 1 aromatic heterocycles. The smallest absolute Gasteiger partial charge is 0.325 e. The Labute approximate surface area is 113 Å². The number of aromatic nitrogens is 1. The molecule has 6 nitrogen and oxygen atoms in total. The van der Waals surface area contributed by atoms with E-state index in [1.165, 1.54) is 6.20 Å². The van der Waals surface area contributed by atoms with E-state index < -0.39 is 6.03 Å². The van der Waals surface area contributed by atoms with E-state index in [0.717, 1.165) is 11.3 Å². The average molecular weight is 274 g/mol. The Morgan fingerprint density at radius 1 is 1.47 bits per heavy atom. The van der Waals surface area contributed by atoms with Gasteiger partial charge in [0.2, 0.25) is 0 Å². The van der Waals surface area contributed by atoms with E-state index >= 15 is 0 Å². The molecular formula is C12H10N4O2S. The summed E-state index contributed by atoms with van der Waals surface area (Å²) in [5.41, 5.74) is 0.605. The number of nitrogens with zero attached hydrogens (tertiary/aromatic N) is 2. The third kappa shape index (κ3) is 3.43. The summed E-state index contributed by atoms with van der Waals surface area (Å²) in [6.45, 7) is 0. The van der Waals surface area contributed by atoms with E-state index in [4.69, 9.17) is 10.00 Å². The van der Waals surface area contributed by atoms with Crippen LogP contribution in [-0.4, -0.2) is 18.1 Å². The summed E-state index contributed by atoms with van der Waals surface area (Å²) in [6.07, 6.45) is 1.41. The molecule has 0 aliphatic rings. The van der Waals surface area contributed by atoms with Gasteiger partial charge in [-0.15, -0.1) is 0 Å². The number of anilines is 2. The van der Waals surface area contributed by atoms with Gasteiger partial charge in [0.25, 0.3) is 0 Å². The molecule has 0 atom stereocenters. The molecule has 0 fully saturated rings. The highest BCUT2D eigenvalue weighted by Crippen LogP contribution is 2.19. The van der Waals surface area contributed by atoms with Gasteiger partial charge in [-0.25, -0.2) is 9.78 Å². The third-order valence-electron chi connectivity index (χ3n) is 2.16. The fourth-order valence-electron chi connectivity index (χ4n) is 1.34. The van der Waals surface area contributed by atoms with Gasteiger partial charge in [-0.05, 0) is 12.1 Å². The van der Waals surface area contributed by atoms with Gasteiger partial charge >= 0.3 is 6.03 Å². The first kappa shape index (κ1) is 12.9. The maximum absolute atomic E-state index is 11.7. The van der Waals surface area contributed by atoms with Crippen LogP contribution < -0.4 is 15.4 Å². The molecule has 0 saturated carbocycles. The van der Waals surface area contributed by atoms with Crippen LogP contribution in [0, 0.1) is 11.3 Å². The van der Waals surface area contributed by atoms with Crippen LogP contribution in [0.25, 0.3) is 0 Å². The van der Waals surface area contributed by atoms with Crippen molar-refractivity contribution in [2.24, 2.45) is 0 Å². The minimum atomic E-state index is -0.424. The van der Waals surface area contributed by atoms with Gasteiger partial charge in [0.05, 0.1) is 13.3 Å². The molecule has 0 unspecified atom stereocenters. The molecule has 1 aromatic carbocycles. The molecule has 0 spiro atoms. The number of nitriles is 1. The van der Waals surface area contributed by atoms with Gasteiger partial charge in [0, 0.05) is 11.8 Å². The Hall–Kier alpha value is -2.59. The number of carbonyl (C=O) groups excluding carboxylic acids is 1. The van der Waals surface area contributed by atoms with Gasteiger partial charge in [-0.3, -0.25) is 5.32 Å². The molecule has 0 saturated heterocycles. The lowest BCUT2D eigenvalue weighted by molar-refractivity contribution is 0.262. The van der Waals surface area contributed by atoms with E-state index in [0.29, 0.717) is 21.4 Å². The summed E-state index contributed by atoms with van der Waals surface area (Å²) < 4.78 is 5.05. The van der Waals surface area contributed by atoms with Crippen molar-refractivity contribution in [3.05, 3.63) is 35.3 Å². The number of methoxy groups -OCH3 is 1. The zero-order valence-corrected chi connectivity index (χ0v) is 10.8. The van der Waals surface area contributed by atoms with E-state index in [-0.39, 0.29) is 0 Å². The lowest BCUT2D eigenvalue weighted by Gasteiger charge is -2.06. The molecule has 0 aliphatic carbocycles. The average Bonchev–Trinajstić information content (AvgIpc) is 2.86. The zero-order chi connectivity index (χ0) is 13.7. The molecule has 2 N–H and O–H groups in total. The molecule has 0 aliphatic heterocycles. The predicted octanol–water partition coefficient (Wildman–Crippen LogP) is 2.67. The fraction of sp³-hybridized carbons (Fsp3) is 0.0833. The minimum Gasteiger partial charge on any atom is -0.497 e. The van der Waals surface area contributed by atoms with Crippen molar-refractivity contribution in [1.29, 1.82) is 5.26 Å². The van der Waals surface area contributed by atoms with Crippen LogP contribution in [0.1, 0.15) is 4.88 Å². The molecular weight excluding hydrogens is 264 g/mol. The Morgan fingerprint density at radius 3 is 3.00 bits per heavy atom. The summed E-state index contributed by atoms with van der Waals surface area (Å²) in [5, 5.41) is 14.2. The number of amides is 2. The SMILES string of the molecule is COc1cccc(NC(=O)Nc2ncc(C#N)s2)c1. The van der Waals surface area contributed by atoms with Crippen LogP contribution in [0.5, 0.6) is 5.75 Å². The summed E-state index contributed by atoms with van der Waals surface area (Å²) in [5.74, 6) is 0.652. The Morgan fingerprint density at radius 2 is 2.32 bits per heavy atom. The first-order valence-corrected chi connectivity index (χ1v) is 6.11. The molecule has 0 bridgehead atoms. The summed E-state index contributed by atoms with van der Waals surface area (Å²) in [4.78, 5) is 16.0. The van der Waals surface area contributed by atoms with Crippen molar-refractivity contribution in [1.82, 2.24) is 4.98 Å². The second kappa shape index (κ2) is 5.84. The second-order valence-electron chi connectivity index (χ2n) is 3.45. The number of nitrogens with one attached hydrogen (secondary N) is 2. The summed E-state index contributed by atoms with van der Waals surface area (Å²) in [6, 6.07) is 8.52. The maximum Gasteiger partial charge on any atom is 0.325 e. The van der Waals surface area contributed by atoms with Crippen LogP contribution in [0.2, 0.25) is 0 Å². The molecule has 19 heavy (non-hydrogen) atoms. The van der Waals surface area contributed by atoms with Crippen LogP contribution in [0.3, 0.4) is 0 Å². The van der Waals surface area contributed by atoms with Gasteiger partial charge in [-0.1, -0.05) is 17.4 Å². The number of benzene rings is 1. The van der Waals surface area contributed by atoms with E-state index in [2.05, 4.69) is 15.6 Å². The second-order valence-corrected chi connectivity index (χ2v) is 4.48. The quantitative estimate of drug-likeness (QED) is 0.900. The normalized spacial score (nSPS) is 9.47. The minimum absolute atomic E-state index is 0.372. The van der Waals surface area contributed by atoms with Crippen molar-refractivity contribution >= 4 is 28.2 Å². The van der Waals surface area contributed by atoms with Gasteiger partial charge in [0.15, 0.2) is 5.13 Å². The van der Waals surface area contributed by atoms with Gasteiger partial charge in [-0.2, -0.15) is 5.26 Å². The summed E-state index contributed by atoms with van der Waals surface area (Å²) in [7, 11) is 1.55. The highest BCUT2D eigenvalue weighted by atomic mass is 32.1. The third-order valence-corrected chi connectivity index (χ3v) is 2.98. The highest BCUT2D eigenvalue weighted by molar-refractivity contribution is 7.16. The number of carbonyl (C=O) groups is 1. The Bertz CT molecular complexity index is 633. The molecule has 96 valence electrons. The van der Waals surface area contributed by atoms with E-state index in [1.807, 2.05) is 6.07 Å². The van der Waals surface area contributed by atoms with E-state index in [9.17, 15) is 4.79 Å². The predicted molar refractivity (Wildman–Crippen MR) is 72.5 cm³/mol. The lowest BCUT2D eigenvalue weighted by atomic mass is 10.3. The van der Waals surface area contributed by atoms with Crippen LogP contribution in [0.4, 0.5) is 15.6 Å². The number of hydrogen-bond acceptors (Lipinski definition) is 5. The monoisotopic (exact) mass is 274 g/mol. The number of thiazole rings is 1. The van der Waals surface area contributed by atoms with Crippen LogP contribution in [-0.2, 0) is 0 Å².